The van der Waals surface area contributed by atoms with Crippen LogP contribution in [0.5, 0.6) is 23.0 Å². The Balaban J connectivity index is 1.70. The Kier molecular flexibility index (Phi) is 2.82. The highest BCUT2D eigenvalue weighted by atomic mass is 16.7. The van der Waals surface area contributed by atoms with E-state index in [0.717, 1.165) is 34.9 Å². The number of phenols is 1. The average Bonchev–Trinajstić information content (AvgIpc) is 3.08. The summed E-state index contributed by atoms with van der Waals surface area (Å²) in [7, 11) is 1.58. The van der Waals surface area contributed by atoms with Crippen LogP contribution in [0.25, 0.3) is 12.3 Å². The molecular formula is C19H18NO4+. The highest BCUT2D eigenvalue weighted by molar-refractivity contribution is 5.55. The standard InChI is InChI=1S/C19H17NO4/c1-22-18-8-13-12(7-16(18)21)4-5-20-9-14-11(6-15(13)20)2-3-17-19(14)24-10-23-17/h2-3,6-9,15,21H,4-5,10H2,1H3/p+1. The van der Waals surface area contributed by atoms with Gasteiger partial charge in [-0.1, -0.05) is 6.07 Å². The van der Waals surface area contributed by atoms with E-state index in [9.17, 15) is 5.11 Å². The zero-order valence-corrected chi connectivity index (χ0v) is 13.3. The number of phenolic OH excluding ortho intramolecular Hbond substituents is 1. The van der Waals surface area contributed by atoms with Crippen LogP contribution in [0.15, 0.2) is 24.3 Å². The lowest BCUT2D eigenvalue weighted by Gasteiger charge is -2.32. The lowest BCUT2D eigenvalue weighted by Crippen LogP contribution is -3.09. The van der Waals surface area contributed by atoms with Crippen molar-refractivity contribution in [2.45, 2.75) is 12.5 Å². The predicted molar refractivity (Wildman–Crippen MR) is 87.7 cm³/mol. The zero-order valence-electron chi connectivity index (χ0n) is 13.3. The van der Waals surface area contributed by atoms with E-state index < -0.39 is 0 Å². The van der Waals surface area contributed by atoms with Gasteiger partial charge in [0.2, 0.25) is 6.79 Å². The molecule has 0 fully saturated rings. The van der Waals surface area contributed by atoms with Gasteiger partial charge in [0.15, 0.2) is 23.0 Å². The molecule has 0 saturated carbocycles. The first-order valence-corrected chi connectivity index (χ1v) is 8.12. The van der Waals surface area contributed by atoms with Crippen LogP contribution in [0.2, 0.25) is 0 Å². The first-order valence-electron chi connectivity index (χ1n) is 8.12. The van der Waals surface area contributed by atoms with Gasteiger partial charge >= 0.3 is 0 Å². The summed E-state index contributed by atoms with van der Waals surface area (Å²) < 4.78 is 16.4. The Hall–Kier alpha value is -2.66. The number of methoxy groups -OCH3 is 1. The van der Waals surface area contributed by atoms with Crippen LogP contribution in [-0.4, -0.2) is 25.6 Å². The minimum absolute atomic E-state index is 0.211. The molecule has 2 unspecified atom stereocenters. The molecule has 0 bridgehead atoms. The van der Waals surface area contributed by atoms with Gasteiger partial charge in [0, 0.05) is 12.0 Å². The topological polar surface area (TPSA) is 52.4 Å². The molecule has 5 rings (SSSR count). The smallest absolute Gasteiger partial charge is 0.231 e. The number of ether oxygens (including phenoxy) is 3. The maximum atomic E-state index is 10.0. The van der Waals surface area contributed by atoms with Crippen LogP contribution in [-0.2, 0) is 6.42 Å². The quantitative estimate of drug-likeness (QED) is 0.766. The van der Waals surface area contributed by atoms with Gasteiger partial charge in [0.25, 0.3) is 0 Å². The Labute approximate surface area is 139 Å². The summed E-state index contributed by atoms with van der Waals surface area (Å²) >= 11 is 0. The molecule has 3 aliphatic rings. The molecule has 0 radical (unpaired) electrons. The number of aromatic hydroxyl groups is 1. The number of nitrogens with one attached hydrogen (secondary N) is 1. The summed E-state index contributed by atoms with van der Waals surface area (Å²) in [6.45, 7) is 1.27. The Morgan fingerprint density at radius 3 is 3.04 bits per heavy atom. The molecule has 2 aromatic carbocycles. The third-order valence-electron chi connectivity index (χ3n) is 5.15. The molecule has 0 saturated heterocycles. The number of hydrogen-bond acceptors (Lipinski definition) is 4. The number of fused-ring (bicyclic) bond motifs is 6. The third kappa shape index (κ3) is 1.85. The first kappa shape index (κ1) is 13.7. The van der Waals surface area contributed by atoms with Crippen LogP contribution in [0, 0.1) is 0 Å². The number of benzene rings is 2. The number of hydrogen-bond donors (Lipinski definition) is 2. The van der Waals surface area contributed by atoms with E-state index in [4.69, 9.17) is 14.2 Å². The Bertz CT molecular complexity index is 966. The molecule has 2 N–H and O–H groups in total. The minimum Gasteiger partial charge on any atom is -0.504 e. The molecule has 2 atom stereocenters. The summed E-state index contributed by atoms with van der Waals surface area (Å²) in [4.78, 5) is 1.37. The second-order valence-corrected chi connectivity index (χ2v) is 6.39. The van der Waals surface area contributed by atoms with Crippen molar-refractivity contribution < 1.29 is 24.2 Å². The van der Waals surface area contributed by atoms with E-state index >= 15 is 0 Å². The summed E-state index contributed by atoms with van der Waals surface area (Å²) in [5.74, 6) is 2.41. The average molecular weight is 324 g/mol. The van der Waals surface area contributed by atoms with Crippen LogP contribution >= 0.6 is 0 Å². The lowest BCUT2D eigenvalue weighted by atomic mass is 9.90. The number of rotatable bonds is 1. The van der Waals surface area contributed by atoms with Crippen molar-refractivity contribution in [1.82, 2.24) is 0 Å². The van der Waals surface area contributed by atoms with Crippen molar-refractivity contribution >= 4 is 12.3 Å². The van der Waals surface area contributed by atoms with Crippen molar-refractivity contribution in [3.05, 3.63) is 45.8 Å². The van der Waals surface area contributed by atoms with Crippen LogP contribution in [0.4, 0.5) is 0 Å². The van der Waals surface area contributed by atoms with Gasteiger partial charge in [0.1, 0.15) is 12.2 Å². The lowest BCUT2D eigenvalue weighted by molar-refractivity contribution is -0.844. The van der Waals surface area contributed by atoms with E-state index in [1.54, 1.807) is 7.11 Å². The summed E-state index contributed by atoms with van der Waals surface area (Å²) in [6.07, 6.45) is 5.45. The Morgan fingerprint density at radius 1 is 1.25 bits per heavy atom. The number of quaternary nitrogens is 1. The van der Waals surface area contributed by atoms with Gasteiger partial charge in [-0.2, -0.15) is 0 Å². The van der Waals surface area contributed by atoms with Gasteiger partial charge in [-0.3, -0.25) is 4.90 Å². The van der Waals surface area contributed by atoms with Gasteiger partial charge in [0.05, 0.1) is 18.9 Å². The SMILES string of the molecule is COc1cc2c(cc1O)CC[NH+]1C=c3c4c(ccc3=CC21)OCO4. The molecule has 0 spiro atoms. The van der Waals surface area contributed by atoms with Crippen LogP contribution < -0.4 is 29.5 Å². The van der Waals surface area contributed by atoms with E-state index in [1.165, 1.54) is 16.0 Å². The van der Waals surface area contributed by atoms with E-state index in [1.807, 2.05) is 18.2 Å². The van der Waals surface area contributed by atoms with Crippen molar-refractivity contribution in [2.24, 2.45) is 0 Å². The van der Waals surface area contributed by atoms with Crippen molar-refractivity contribution in [3.63, 3.8) is 0 Å². The van der Waals surface area contributed by atoms with Crippen molar-refractivity contribution in [1.29, 1.82) is 0 Å². The molecule has 122 valence electrons. The second kappa shape index (κ2) is 4.92. The van der Waals surface area contributed by atoms with E-state index in [2.05, 4.69) is 18.3 Å². The summed E-state index contributed by atoms with van der Waals surface area (Å²) in [5, 5.41) is 12.3. The molecule has 2 aromatic rings. The maximum Gasteiger partial charge on any atom is 0.231 e. The fourth-order valence-corrected chi connectivity index (χ4v) is 3.96. The third-order valence-corrected chi connectivity index (χ3v) is 5.15. The molecule has 5 nitrogen and oxygen atoms in total. The molecule has 3 heterocycles. The minimum atomic E-state index is 0.211. The van der Waals surface area contributed by atoms with Crippen molar-refractivity contribution in [3.8, 4) is 23.0 Å². The van der Waals surface area contributed by atoms with Gasteiger partial charge in [-0.25, -0.2) is 0 Å². The fraction of sp³-hybridized carbons (Fsp3) is 0.263. The maximum absolute atomic E-state index is 10.0. The van der Waals surface area contributed by atoms with E-state index in [-0.39, 0.29) is 18.6 Å². The Morgan fingerprint density at radius 2 is 2.17 bits per heavy atom. The van der Waals surface area contributed by atoms with Crippen LogP contribution in [0.3, 0.4) is 0 Å². The van der Waals surface area contributed by atoms with E-state index in [0.29, 0.717) is 5.75 Å². The molecule has 0 aliphatic carbocycles. The van der Waals surface area contributed by atoms with Crippen molar-refractivity contribution in [2.75, 3.05) is 20.4 Å². The second-order valence-electron chi connectivity index (χ2n) is 6.39. The summed E-state index contributed by atoms with van der Waals surface area (Å²) in [6, 6.07) is 8.08. The highest BCUT2D eigenvalue weighted by Crippen LogP contribution is 2.34. The summed E-state index contributed by atoms with van der Waals surface area (Å²) in [5.41, 5.74) is 2.40. The molecule has 24 heavy (non-hydrogen) atoms. The molecule has 3 aliphatic heterocycles. The highest BCUT2D eigenvalue weighted by Gasteiger charge is 2.32. The van der Waals surface area contributed by atoms with Gasteiger partial charge < -0.3 is 19.3 Å². The van der Waals surface area contributed by atoms with Gasteiger partial charge in [-0.15, -0.1) is 0 Å². The van der Waals surface area contributed by atoms with Crippen LogP contribution in [0.1, 0.15) is 17.2 Å². The van der Waals surface area contributed by atoms with Gasteiger partial charge in [-0.05, 0) is 35.1 Å². The largest absolute Gasteiger partial charge is 0.504 e. The monoisotopic (exact) mass is 324 g/mol. The molecule has 5 heteroatoms. The zero-order chi connectivity index (χ0) is 16.3. The fourth-order valence-electron chi connectivity index (χ4n) is 3.96. The first-order chi connectivity index (χ1) is 11.7. The molecule has 0 aromatic heterocycles. The molecule has 0 amide bonds. The predicted octanol–water partition coefficient (Wildman–Crippen LogP) is -0.156. The normalized spacial score (nSPS) is 22.5. The molecular weight excluding hydrogens is 306 g/mol.